The molecule has 3 heterocycles. The summed E-state index contributed by atoms with van der Waals surface area (Å²) in [6.07, 6.45) is 1.38. The fourth-order valence-corrected chi connectivity index (χ4v) is 4.56. The number of pyridine rings is 2. The first-order valence-electron chi connectivity index (χ1n) is 11.9. The highest BCUT2D eigenvalue weighted by Gasteiger charge is 2.32. The number of carbonyl (C=O) groups excluding carboxylic acids is 1. The van der Waals surface area contributed by atoms with Crippen LogP contribution >= 0.6 is 0 Å². The van der Waals surface area contributed by atoms with E-state index in [-0.39, 0.29) is 17.4 Å². The second kappa shape index (κ2) is 10.7. The Morgan fingerprint density at radius 1 is 1.09 bits per heavy atom. The second-order valence-corrected chi connectivity index (χ2v) is 8.83. The topological polar surface area (TPSA) is 87.9 Å². The van der Waals surface area contributed by atoms with Crippen molar-refractivity contribution >= 4 is 6.09 Å². The van der Waals surface area contributed by atoms with Crippen molar-refractivity contribution in [1.29, 1.82) is 0 Å². The van der Waals surface area contributed by atoms with E-state index in [1.807, 2.05) is 56.3 Å². The van der Waals surface area contributed by atoms with Crippen LogP contribution in [0.2, 0.25) is 0 Å². The van der Waals surface area contributed by atoms with E-state index in [0.29, 0.717) is 50.6 Å². The van der Waals surface area contributed by atoms with E-state index in [1.165, 1.54) is 0 Å². The minimum Gasteiger partial charge on any atom is -0.507 e. The SMILES string of the molecule is CCOC(=O)N1CCN(C(c2ccc(C)cc2)c2c(O)cc(C)n(Cc3ccccn3)c2=O)CC1. The lowest BCUT2D eigenvalue weighted by Crippen LogP contribution is -2.50. The number of aromatic nitrogens is 2. The van der Waals surface area contributed by atoms with E-state index >= 15 is 0 Å². The molecule has 0 spiro atoms. The zero-order chi connectivity index (χ0) is 24.9. The summed E-state index contributed by atoms with van der Waals surface area (Å²) in [6.45, 7) is 8.32. The summed E-state index contributed by atoms with van der Waals surface area (Å²) in [4.78, 5) is 34.3. The van der Waals surface area contributed by atoms with Gasteiger partial charge in [0, 0.05) is 38.1 Å². The average molecular weight is 477 g/mol. The van der Waals surface area contributed by atoms with Crippen molar-refractivity contribution in [3.8, 4) is 5.75 Å². The molecule has 184 valence electrons. The highest BCUT2D eigenvalue weighted by atomic mass is 16.6. The lowest BCUT2D eigenvalue weighted by atomic mass is 9.95. The molecule has 8 nitrogen and oxygen atoms in total. The normalized spacial score (nSPS) is 15.1. The van der Waals surface area contributed by atoms with Crippen LogP contribution in [0, 0.1) is 13.8 Å². The lowest BCUT2D eigenvalue weighted by Gasteiger charge is -2.39. The van der Waals surface area contributed by atoms with Gasteiger partial charge in [-0.25, -0.2) is 4.79 Å². The van der Waals surface area contributed by atoms with Crippen LogP contribution in [0.4, 0.5) is 4.79 Å². The molecule has 1 aliphatic heterocycles. The Hall–Kier alpha value is -3.65. The molecule has 4 rings (SSSR count). The van der Waals surface area contributed by atoms with Crippen molar-refractivity contribution in [2.75, 3.05) is 32.8 Å². The van der Waals surface area contributed by atoms with Gasteiger partial charge >= 0.3 is 6.09 Å². The van der Waals surface area contributed by atoms with Crippen molar-refractivity contribution in [3.05, 3.63) is 93.2 Å². The highest BCUT2D eigenvalue weighted by Crippen LogP contribution is 2.33. The van der Waals surface area contributed by atoms with Gasteiger partial charge in [0.1, 0.15) is 5.75 Å². The quantitative estimate of drug-likeness (QED) is 0.586. The van der Waals surface area contributed by atoms with E-state index in [2.05, 4.69) is 9.88 Å². The molecule has 1 N–H and O–H groups in total. The van der Waals surface area contributed by atoms with Crippen LogP contribution in [0.15, 0.2) is 59.5 Å². The fourth-order valence-electron chi connectivity index (χ4n) is 4.56. The van der Waals surface area contributed by atoms with Gasteiger partial charge in [0.25, 0.3) is 5.56 Å². The Morgan fingerprint density at radius 3 is 2.43 bits per heavy atom. The van der Waals surface area contributed by atoms with Crippen LogP contribution < -0.4 is 5.56 Å². The summed E-state index contributed by atoms with van der Waals surface area (Å²) in [5.74, 6) is -0.0248. The number of amides is 1. The minimum atomic E-state index is -0.456. The summed E-state index contributed by atoms with van der Waals surface area (Å²) >= 11 is 0. The van der Waals surface area contributed by atoms with E-state index in [0.717, 1.165) is 16.8 Å². The average Bonchev–Trinajstić information content (AvgIpc) is 2.86. The van der Waals surface area contributed by atoms with Crippen molar-refractivity contribution < 1.29 is 14.6 Å². The summed E-state index contributed by atoms with van der Waals surface area (Å²) in [7, 11) is 0. The Bertz CT molecular complexity index is 1220. The minimum absolute atomic E-state index is 0.0248. The maximum atomic E-state index is 13.9. The highest BCUT2D eigenvalue weighted by molar-refractivity contribution is 5.67. The molecule has 8 heteroatoms. The smallest absolute Gasteiger partial charge is 0.409 e. The third-order valence-corrected chi connectivity index (χ3v) is 6.44. The van der Waals surface area contributed by atoms with Gasteiger partial charge < -0.3 is 19.3 Å². The number of carbonyl (C=O) groups is 1. The van der Waals surface area contributed by atoms with Crippen molar-refractivity contribution in [1.82, 2.24) is 19.4 Å². The van der Waals surface area contributed by atoms with Crippen molar-refractivity contribution in [3.63, 3.8) is 0 Å². The Balaban J connectivity index is 1.74. The number of hydrogen-bond donors (Lipinski definition) is 1. The van der Waals surface area contributed by atoms with Gasteiger partial charge in [-0.05, 0) is 44.5 Å². The predicted molar refractivity (Wildman–Crippen MR) is 134 cm³/mol. The zero-order valence-corrected chi connectivity index (χ0v) is 20.5. The second-order valence-electron chi connectivity index (χ2n) is 8.83. The molecule has 1 aliphatic rings. The standard InChI is InChI=1S/C27H32N4O4/c1-4-35-27(34)30-15-13-29(14-16-30)25(21-10-8-19(2)9-11-21)24-23(32)17-20(3)31(26(24)33)18-22-7-5-6-12-28-22/h5-12,17,25,32H,4,13-16,18H2,1-3H3. The van der Waals surface area contributed by atoms with Gasteiger partial charge in [-0.2, -0.15) is 0 Å². The number of nitrogens with zero attached hydrogens (tertiary/aromatic N) is 4. The first-order valence-corrected chi connectivity index (χ1v) is 11.9. The van der Waals surface area contributed by atoms with Gasteiger partial charge in [-0.15, -0.1) is 0 Å². The van der Waals surface area contributed by atoms with Gasteiger partial charge in [0.05, 0.1) is 30.5 Å². The van der Waals surface area contributed by atoms with Crippen LogP contribution in [-0.2, 0) is 11.3 Å². The molecule has 3 aromatic rings. The molecule has 0 aliphatic carbocycles. The monoisotopic (exact) mass is 476 g/mol. The molecule has 1 amide bonds. The van der Waals surface area contributed by atoms with Gasteiger partial charge in [-0.1, -0.05) is 35.9 Å². The molecule has 0 radical (unpaired) electrons. The maximum absolute atomic E-state index is 13.9. The van der Waals surface area contributed by atoms with E-state index < -0.39 is 6.04 Å². The molecule has 35 heavy (non-hydrogen) atoms. The van der Waals surface area contributed by atoms with Crippen LogP contribution in [0.1, 0.15) is 41.0 Å². The Kier molecular flexibility index (Phi) is 7.51. The molecule has 1 saturated heterocycles. The number of aryl methyl sites for hydroxylation is 2. The van der Waals surface area contributed by atoms with Crippen LogP contribution in [-0.4, -0.2) is 63.3 Å². The summed E-state index contributed by atoms with van der Waals surface area (Å²) in [6, 6.07) is 14.8. The van der Waals surface area contributed by atoms with E-state index in [1.54, 1.807) is 28.7 Å². The van der Waals surface area contributed by atoms with E-state index in [9.17, 15) is 14.7 Å². The summed E-state index contributed by atoms with van der Waals surface area (Å²) in [5.41, 5.74) is 3.55. The molecule has 0 bridgehead atoms. The number of aromatic hydroxyl groups is 1. The van der Waals surface area contributed by atoms with Gasteiger partial charge in [0.2, 0.25) is 0 Å². The molecule has 1 aromatic carbocycles. The third kappa shape index (κ3) is 5.38. The first kappa shape index (κ1) is 24.5. The Morgan fingerprint density at radius 2 is 1.80 bits per heavy atom. The summed E-state index contributed by atoms with van der Waals surface area (Å²) < 4.78 is 6.81. The van der Waals surface area contributed by atoms with Crippen LogP contribution in [0.25, 0.3) is 0 Å². The third-order valence-electron chi connectivity index (χ3n) is 6.44. The molecule has 2 aromatic heterocycles. The molecule has 1 fully saturated rings. The first-order chi connectivity index (χ1) is 16.9. The van der Waals surface area contributed by atoms with Crippen LogP contribution in [0.5, 0.6) is 5.75 Å². The molecule has 0 saturated carbocycles. The largest absolute Gasteiger partial charge is 0.507 e. The number of rotatable bonds is 6. The van der Waals surface area contributed by atoms with Gasteiger partial charge in [0.15, 0.2) is 0 Å². The number of hydrogen-bond acceptors (Lipinski definition) is 6. The molecule has 1 unspecified atom stereocenters. The molecular formula is C27H32N4O4. The van der Waals surface area contributed by atoms with Gasteiger partial charge in [-0.3, -0.25) is 14.7 Å². The number of piperazine rings is 1. The number of ether oxygens (including phenoxy) is 1. The van der Waals surface area contributed by atoms with E-state index in [4.69, 9.17) is 4.74 Å². The zero-order valence-electron chi connectivity index (χ0n) is 20.5. The van der Waals surface area contributed by atoms with Crippen LogP contribution in [0.3, 0.4) is 0 Å². The van der Waals surface area contributed by atoms with Crippen molar-refractivity contribution in [2.45, 2.75) is 33.4 Å². The fraction of sp³-hybridized carbons (Fsp3) is 0.370. The molecular weight excluding hydrogens is 444 g/mol. The maximum Gasteiger partial charge on any atom is 0.409 e. The summed E-state index contributed by atoms with van der Waals surface area (Å²) in [5, 5.41) is 11.0. The van der Waals surface area contributed by atoms with Crippen molar-refractivity contribution in [2.24, 2.45) is 0 Å². The molecule has 1 atom stereocenters. The number of benzene rings is 1. The predicted octanol–water partition coefficient (Wildman–Crippen LogP) is 3.48. The lowest BCUT2D eigenvalue weighted by molar-refractivity contribution is 0.0709. The Labute approximate surface area is 205 Å².